The van der Waals surface area contributed by atoms with E-state index >= 15 is 0 Å². The molecule has 0 aliphatic rings. The Bertz CT molecular complexity index is 1560. The molecule has 8 nitrogen and oxygen atoms in total. The second kappa shape index (κ2) is 16.6. The maximum absolute atomic E-state index is 14.2. The summed E-state index contributed by atoms with van der Waals surface area (Å²) in [5, 5.41) is 6.26. The van der Waals surface area contributed by atoms with Crippen molar-refractivity contribution < 1.29 is 19.1 Å². The van der Waals surface area contributed by atoms with E-state index in [1.165, 1.54) is 18.2 Å². The first-order valence-corrected chi connectivity index (χ1v) is 15.4. The van der Waals surface area contributed by atoms with Crippen LogP contribution in [0.1, 0.15) is 39.5 Å². The fraction of sp³-hybridized carbons (Fsp3) is 0.229. The first-order chi connectivity index (χ1) is 21.7. The predicted octanol–water partition coefficient (Wildman–Crippen LogP) is 6.17. The van der Waals surface area contributed by atoms with E-state index in [-0.39, 0.29) is 35.1 Å². The van der Waals surface area contributed by atoms with Gasteiger partial charge in [0.15, 0.2) is 0 Å². The minimum atomic E-state index is -1.08. The van der Waals surface area contributed by atoms with E-state index in [0.717, 1.165) is 27.2 Å². The Hall–Kier alpha value is -4.37. The van der Waals surface area contributed by atoms with Crippen LogP contribution in [0.25, 0.3) is 0 Å². The minimum Gasteiger partial charge on any atom is -0.494 e. The van der Waals surface area contributed by atoms with Gasteiger partial charge in [0.25, 0.3) is 11.8 Å². The molecule has 0 saturated heterocycles. The summed E-state index contributed by atoms with van der Waals surface area (Å²) in [4.78, 5) is 42.4. The lowest BCUT2D eigenvalue weighted by atomic mass is 10.0. The monoisotopic (exact) mass is 646 g/mol. The van der Waals surface area contributed by atoms with E-state index in [9.17, 15) is 14.4 Å². The van der Waals surface area contributed by atoms with Crippen molar-refractivity contribution >= 4 is 41.0 Å². The van der Waals surface area contributed by atoms with E-state index in [4.69, 9.17) is 33.7 Å². The van der Waals surface area contributed by atoms with Crippen LogP contribution in [0.2, 0.25) is 10.0 Å². The van der Waals surface area contributed by atoms with Gasteiger partial charge in [-0.25, -0.2) is 4.79 Å². The first kappa shape index (κ1) is 33.5. The van der Waals surface area contributed by atoms with Gasteiger partial charge in [-0.1, -0.05) is 89.9 Å². The number of ether oxygens (including phenoxy) is 1. The van der Waals surface area contributed by atoms with Gasteiger partial charge >= 0.3 is 6.03 Å². The molecule has 4 aromatic carbocycles. The van der Waals surface area contributed by atoms with E-state index in [0.29, 0.717) is 25.3 Å². The average Bonchev–Trinajstić information content (AvgIpc) is 3.04. The molecule has 0 aliphatic heterocycles. The number of hydrogen-bond acceptors (Lipinski definition) is 5. The van der Waals surface area contributed by atoms with Gasteiger partial charge in [0.05, 0.1) is 6.61 Å². The summed E-state index contributed by atoms with van der Waals surface area (Å²) in [6, 6.07) is 27.2. The number of urea groups is 1. The highest BCUT2D eigenvalue weighted by Crippen LogP contribution is 2.20. The molecular formula is C35H36Cl2N4O4. The van der Waals surface area contributed by atoms with Crippen molar-refractivity contribution in [2.24, 2.45) is 5.73 Å². The number of hydrogen-bond donors (Lipinski definition) is 3. The van der Waals surface area contributed by atoms with Gasteiger partial charge in [-0.05, 0) is 65.9 Å². The van der Waals surface area contributed by atoms with Gasteiger partial charge in [-0.3, -0.25) is 14.5 Å². The van der Waals surface area contributed by atoms with Crippen LogP contribution in [0.3, 0.4) is 0 Å². The molecule has 234 valence electrons. The zero-order valence-electron chi connectivity index (χ0n) is 25.0. The summed E-state index contributed by atoms with van der Waals surface area (Å²) >= 11 is 12.3. The molecule has 45 heavy (non-hydrogen) atoms. The number of rotatable bonds is 13. The average molecular weight is 648 g/mol. The highest BCUT2D eigenvalue weighted by Gasteiger charge is 2.31. The molecule has 0 radical (unpaired) electrons. The third-order valence-electron chi connectivity index (χ3n) is 7.08. The molecule has 10 heteroatoms. The Morgan fingerprint density at radius 3 is 2.07 bits per heavy atom. The van der Waals surface area contributed by atoms with Gasteiger partial charge in [-0.2, -0.15) is 0 Å². The Morgan fingerprint density at radius 2 is 1.44 bits per heavy atom. The molecule has 0 aromatic heterocycles. The summed E-state index contributed by atoms with van der Waals surface area (Å²) in [6.07, 6.45) is 0.555. The second-order valence-electron chi connectivity index (χ2n) is 10.4. The van der Waals surface area contributed by atoms with E-state index in [1.54, 1.807) is 12.1 Å². The van der Waals surface area contributed by atoms with Crippen molar-refractivity contribution in [2.45, 2.75) is 38.9 Å². The molecule has 4 rings (SSSR count). The van der Waals surface area contributed by atoms with Crippen molar-refractivity contribution in [1.29, 1.82) is 0 Å². The van der Waals surface area contributed by atoms with Crippen molar-refractivity contribution in [3.8, 4) is 5.75 Å². The predicted molar refractivity (Wildman–Crippen MR) is 177 cm³/mol. The van der Waals surface area contributed by atoms with Crippen LogP contribution < -0.4 is 21.1 Å². The van der Waals surface area contributed by atoms with Crippen LogP contribution in [-0.4, -0.2) is 41.9 Å². The zero-order valence-corrected chi connectivity index (χ0v) is 26.5. The fourth-order valence-corrected chi connectivity index (χ4v) is 5.23. The first-order valence-electron chi connectivity index (χ1n) is 14.7. The lowest BCUT2D eigenvalue weighted by Crippen LogP contribution is -2.54. The largest absolute Gasteiger partial charge is 0.494 e. The smallest absolute Gasteiger partial charge is 0.324 e. The quantitative estimate of drug-likeness (QED) is 0.161. The normalized spacial score (nSPS) is 11.4. The summed E-state index contributed by atoms with van der Waals surface area (Å²) in [5.41, 5.74) is 9.45. The third kappa shape index (κ3) is 10.1. The molecule has 0 bridgehead atoms. The molecule has 4 aromatic rings. The molecule has 4 N–H and O–H groups in total. The van der Waals surface area contributed by atoms with Crippen LogP contribution in [0, 0.1) is 0 Å². The molecule has 0 fully saturated rings. The van der Waals surface area contributed by atoms with Crippen molar-refractivity contribution in [1.82, 2.24) is 15.5 Å². The molecule has 1 atom stereocenters. The van der Waals surface area contributed by atoms with E-state index in [1.807, 2.05) is 73.7 Å². The molecule has 0 heterocycles. The zero-order chi connectivity index (χ0) is 32.2. The topological polar surface area (TPSA) is 114 Å². The lowest BCUT2D eigenvalue weighted by Gasteiger charge is -2.27. The van der Waals surface area contributed by atoms with Gasteiger partial charge in [0.1, 0.15) is 11.8 Å². The molecule has 0 spiro atoms. The maximum Gasteiger partial charge on any atom is 0.324 e. The summed E-state index contributed by atoms with van der Waals surface area (Å²) in [6.45, 7) is 3.12. The number of nitrogens with zero attached hydrogens (tertiary/aromatic N) is 1. The Morgan fingerprint density at radius 1 is 0.822 bits per heavy atom. The van der Waals surface area contributed by atoms with Crippen molar-refractivity contribution in [2.75, 3.05) is 13.2 Å². The molecular weight excluding hydrogens is 611 g/mol. The number of benzene rings is 4. The molecule has 0 aliphatic carbocycles. The Labute approximate surface area is 273 Å². The molecule has 0 saturated carbocycles. The van der Waals surface area contributed by atoms with E-state index < -0.39 is 23.9 Å². The van der Waals surface area contributed by atoms with Crippen LogP contribution in [0.15, 0.2) is 97.1 Å². The highest BCUT2D eigenvalue weighted by molar-refractivity contribution is 6.35. The maximum atomic E-state index is 14.2. The molecule has 0 unspecified atom stereocenters. The van der Waals surface area contributed by atoms with Crippen molar-refractivity contribution in [3.63, 3.8) is 0 Å². The number of nitrogens with two attached hydrogens (primary N) is 1. The fourth-order valence-electron chi connectivity index (χ4n) is 4.70. The lowest BCUT2D eigenvalue weighted by molar-refractivity contribution is -0.130. The summed E-state index contributed by atoms with van der Waals surface area (Å²) < 4.78 is 5.55. The van der Waals surface area contributed by atoms with Crippen LogP contribution >= 0.6 is 23.2 Å². The van der Waals surface area contributed by atoms with E-state index in [2.05, 4.69) is 10.6 Å². The number of carbonyl (C=O) groups is 3. The standard InChI is InChI=1S/C35H36Cl2N4O4/c1-2-45-31-14-12-25(13-15-31)18-32(40-33(42)28-19-29(36)21-30(37)20-28)34(43)41(17-16-24-6-4-3-5-7-24)35(44)39-23-27-10-8-26(22-38)9-11-27/h3-15,19-21,32H,2,16-18,22-23,38H2,1H3,(H,39,44)(H,40,42)/t32-/m1/s1. The highest BCUT2D eigenvalue weighted by atomic mass is 35.5. The molecule has 4 amide bonds. The number of nitrogens with one attached hydrogen (secondary N) is 2. The van der Waals surface area contributed by atoms with Gasteiger partial charge in [0.2, 0.25) is 0 Å². The number of imide groups is 1. The number of halogens is 2. The summed E-state index contributed by atoms with van der Waals surface area (Å²) in [7, 11) is 0. The van der Waals surface area contributed by atoms with Crippen molar-refractivity contribution in [3.05, 3.63) is 135 Å². The van der Waals surface area contributed by atoms with Gasteiger partial charge in [0, 0.05) is 41.7 Å². The Kier molecular flexibility index (Phi) is 12.4. The number of amides is 4. The Balaban J connectivity index is 1.61. The third-order valence-corrected chi connectivity index (χ3v) is 7.52. The minimum absolute atomic E-state index is 0.0967. The van der Waals surface area contributed by atoms with Crippen LogP contribution in [0.5, 0.6) is 5.75 Å². The second-order valence-corrected chi connectivity index (χ2v) is 11.2. The number of carbonyl (C=O) groups excluding carboxylic acids is 3. The SMILES string of the molecule is CCOc1ccc(C[C@@H](NC(=O)c2cc(Cl)cc(Cl)c2)C(=O)N(CCc2ccccc2)C(=O)NCc2ccc(CN)cc2)cc1. The summed E-state index contributed by atoms with van der Waals surface area (Å²) in [5.74, 6) is -0.422. The van der Waals surface area contributed by atoms with Crippen LogP contribution in [0.4, 0.5) is 4.79 Å². The van der Waals surface area contributed by atoms with Crippen LogP contribution in [-0.2, 0) is 30.7 Å². The van der Waals surface area contributed by atoms with Gasteiger partial charge in [-0.15, -0.1) is 0 Å². The van der Waals surface area contributed by atoms with Gasteiger partial charge < -0.3 is 21.1 Å².